The topological polar surface area (TPSA) is 35.2 Å². The molecule has 3 aromatic rings. The third kappa shape index (κ3) is 4.05. The Morgan fingerprint density at radius 1 is 0.850 bits per heavy atom. The molecule has 2 fully saturated rings. The Labute approximate surface area is 239 Å². The van der Waals surface area contributed by atoms with Gasteiger partial charge in [0.25, 0.3) is 0 Å². The van der Waals surface area contributed by atoms with E-state index in [4.69, 9.17) is 4.98 Å². The molecule has 2 aromatic heterocycles. The van der Waals surface area contributed by atoms with E-state index < -0.39 is 0 Å². The van der Waals surface area contributed by atoms with Crippen LogP contribution in [-0.4, -0.2) is 58.0 Å². The fourth-order valence-corrected chi connectivity index (χ4v) is 9.54. The number of fused-ring (bicyclic) bond motifs is 5. The van der Waals surface area contributed by atoms with Crippen molar-refractivity contribution >= 4 is 27.4 Å². The van der Waals surface area contributed by atoms with Crippen molar-refractivity contribution in [3.05, 3.63) is 72.6 Å². The van der Waals surface area contributed by atoms with Crippen LogP contribution in [0.5, 0.6) is 0 Å². The second-order valence-corrected chi connectivity index (χ2v) is 13.3. The number of allylic oxidation sites excluding steroid dienone is 4. The van der Waals surface area contributed by atoms with E-state index in [1.54, 1.807) is 5.57 Å². The standard InChI is InChI=1S/C36H44N4/c1-2-5-11-20-39-22-18-31-30(33-34-29(17-19-37-33)28-15-9-10-16-32(28)38-34)23-26(13-7-3-1)35-36(31,25-39)24-27-14-8-4-6-12-21-40(27)35/h1,3,8-10,14-17,19,23,26-27,31,35,38H,2,4-7,11-13,18,20-22,24-25H2/b3-1-,14-8-/t26-,27+,31+,35+,36+/m1/s1. The van der Waals surface area contributed by atoms with E-state index in [2.05, 4.69) is 81.7 Å². The highest BCUT2D eigenvalue weighted by Crippen LogP contribution is 2.60. The van der Waals surface area contributed by atoms with Gasteiger partial charge in [0.2, 0.25) is 0 Å². The Bertz CT molecular complexity index is 1480. The molecule has 1 spiro atoms. The first kappa shape index (κ1) is 25.1. The summed E-state index contributed by atoms with van der Waals surface area (Å²) >= 11 is 0. The van der Waals surface area contributed by atoms with E-state index in [0.29, 0.717) is 29.3 Å². The molecule has 40 heavy (non-hydrogen) atoms. The lowest BCUT2D eigenvalue weighted by Crippen LogP contribution is -2.59. The number of hydrogen-bond donors (Lipinski definition) is 1. The van der Waals surface area contributed by atoms with E-state index in [1.807, 2.05) is 0 Å². The van der Waals surface area contributed by atoms with Crippen molar-refractivity contribution in [2.45, 2.75) is 76.3 Å². The van der Waals surface area contributed by atoms with Gasteiger partial charge in [-0.1, -0.05) is 48.6 Å². The van der Waals surface area contributed by atoms with Gasteiger partial charge in [0, 0.05) is 46.5 Å². The number of aromatic nitrogens is 2. The first-order chi connectivity index (χ1) is 19.8. The van der Waals surface area contributed by atoms with E-state index >= 15 is 0 Å². The first-order valence-corrected chi connectivity index (χ1v) is 16.2. The number of aromatic amines is 1. The molecule has 0 saturated carbocycles. The van der Waals surface area contributed by atoms with Crippen LogP contribution < -0.4 is 0 Å². The van der Waals surface area contributed by atoms with Crippen LogP contribution >= 0.6 is 0 Å². The summed E-state index contributed by atoms with van der Waals surface area (Å²) in [5.74, 6) is 1.13. The van der Waals surface area contributed by atoms with Crippen LogP contribution in [-0.2, 0) is 0 Å². The van der Waals surface area contributed by atoms with Gasteiger partial charge in [-0.25, -0.2) is 0 Å². The van der Waals surface area contributed by atoms with E-state index in [1.165, 1.54) is 118 Å². The van der Waals surface area contributed by atoms with Crippen LogP contribution in [0.4, 0.5) is 0 Å². The lowest BCUT2D eigenvalue weighted by Gasteiger charge is -2.55. The van der Waals surface area contributed by atoms with Crippen molar-refractivity contribution in [1.29, 1.82) is 0 Å². The van der Waals surface area contributed by atoms with Gasteiger partial charge < -0.3 is 9.88 Å². The zero-order chi connectivity index (χ0) is 26.5. The number of piperidine rings is 1. The molecule has 208 valence electrons. The molecule has 6 heterocycles. The van der Waals surface area contributed by atoms with Crippen LogP contribution in [0.3, 0.4) is 0 Å². The van der Waals surface area contributed by atoms with Crippen molar-refractivity contribution in [2.75, 3.05) is 26.2 Å². The fourth-order valence-electron chi connectivity index (χ4n) is 9.54. The Kier molecular flexibility index (Phi) is 6.45. The molecule has 8 rings (SSSR count). The lowest BCUT2D eigenvalue weighted by molar-refractivity contribution is -0.00612. The number of H-pyrrole nitrogens is 1. The molecular formula is C36H44N4. The molecule has 5 aliphatic rings. The van der Waals surface area contributed by atoms with Crippen LogP contribution in [0.1, 0.15) is 69.9 Å². The van der Waals surface area contributed by atoms with Gasteiger partial charge in [0.1, 0.15) is 0 Å². The number of nitrogens with zero attached hydrogens (tertiary/aromatic N) is 3. The highest BCUT2D eigenvalue weighted by Gasteiger charge is 2.61. The second-order valence-electron chi connectivity index (χ2n) is 13.3. The molecule has 4 heteroatoms. The van der Waals surface area contributed by atoms with Gasteiger partial charge in [0.05, 0.1) is 11.2 Å². The largest absolute Gasteiger partial charge is 0.353 e. The highest BCUT2D eigenvalue weighted by molar-refractivity contribution is 6.09. The van der Waals surface area contributed by atoms with Gasteiger partial charge in [-0.15, -0.1) is 0 Å². The summed E-state index contributed by atoms with van der Waals surface area (Å²) in [6.07, 6.45) is 27.7. The fraction of sp³-hybridized carbons (Fsp3) is 0.528. The third-order valence-corrected chi connectivity index (χ3v) is 11.1. The maximum atomic E-state index is 5.19. The minimum Gasteiger partial charge on any atom is -0.353 e. The Balaban J connectivity index is 1.31. The van der Waals surface area contributed by atoms with E-state index in [0.717, 1.165) is 0 Å². The molecule has 2 saturated heterocycles. The first-order valence-electron chi connectivity index (χ1n) is 16.2. The number of rotatable bonds is 1. The minimum absolute atomic E-state index is 0.292. The average molecular weight is 533 g/mol. The highest BCUT2D eigenvalue weighted by atomic mass is 15.3. The zero-order valence-corrected chi connectivity index (χ0v) is 23.9. The predicted molar refractivity (Wildman–Crippen MR) is 166 cm³/mol. The number of hydrogen-bond acceptors (Lipinski definition) is 3. The number of nitrogens with one attached hydrogen (secondary N) is 1. The molecule has 0 radical (unpaired) electrons. The normalized spacial score (nSPS) is 36.4. The third-order valence-electron chi connectivity index (χ3n) is 11.1. The molecule has 4 nitrogen and oxygen atoms in total. The van der Waals surface area contributed by atoms with Crippen molar-refractivity contribution in [2.24, 2.45) is 17.3 Å². The summed E-state index contributed by atoms with van der Waals surface area (Å²) in [4.78, 5) is 14.9. The average Bonchev–Trinajstić information content (AvgIpc) is 3.48. The number of para-hydroxylation sites is 1. The molecule has 6 atom stereocenters. The van der Waals surface area contributed by atoms with Crippen LogP contribution in [0.2, 0.25) is 0 Å². The number of pyridine rings is 1. The monoisotopic (exact) mass is 532 g/mol. The molecule has 1 unspecified atom stereocenters. The maximum Gasteiger partial charge on any atom is 0.0902 e. The second kappa shape index (κ2) is 10.3. The summed E-state index contributed by atoms with van der Waals surface area (Å²) < 4.78 is 0. The summed E-state index contributed by atoms with van der Waals surface area (Å²) in [6.45, 7) is 5.00. The van der Waals surface area contributed by atoms with Crippen LogP contribution in [0.15, 0.2) is 66.9 Å². The predicted octanol–water partition coefficient (Wildman–Crippen LogP) is 7.74. The molecule has 0 amide bonds. The van der Waals surface area contributed by atoms with Gasteiger partial charge >= 0.3 is 0 Å². The van der Waals surface area contributed by atoms with Crippen LogP contribution in [0.25, 0.3) is 27.4 Å². The van der Waals surface area contributed by atoms with Crippen LogP contribution in [0, 0.1) is 17.3 Å². The van der Waals surface area contributed by atoms with Crippen molar-refractivity contribution in [3.63, 3.8) is 0 Å². The van der Waals surface area contributed by atoms with Crippen molar-refractivity contribution in [1.82, 2.24) is 19.8 Å². The minimum atomic E-state index is 0.292. The molecular weight excluding hydrogens is 488 g/mol. The summed E-state index contributed by atoms with van der Waals surface area (Å²) in [5.41, 5.74) is 5.54. The van der Waals surface area contributed by atoms with Gasteiger partial charge in [0.15, 0.2) is 0 Å². The maximum absolute atomic E-state index is 5.19. The Hall–Kier alpha value is -2.69. The molecule has 1 N–H and O–H groups in total. The van der Waals surface area contributed by atoms with Gasteiger partial charge in [-0.2, -0.15) is 0 Å². The quantitative estimate of drug-likeness (QED) is 0.326. The lowest BCUT2D eigenvalue weighted by atomic mass is 9.56. The SMILES string of the molecule is C1=C(c2nccc3c2[nH]c2ccccc23)[C@@H]2CCN3CCCC/C=C\CC[C@H]1[C@@H]1N4CCCC/C=C\[C@H]4C[C@@]12C3. The van der Waals surface area contributed by atoms with E-state index in [-0.39, 0.29) is 0 Å². The van der Waals surface area contributed by atoms with E-state index in [9.17, 15) is 0 Å². The smallest absolute Gasteiger partial charge is 0.0902 e. The molecule has 4 aliphatic heterocycles. The number of benzene rings is 1. The van der Waals surface area contributed by atoms with Gasteiger partial charge in [-0.3, -0.25) is 9.88 Å². The van der Waals surface area contributed by atoms with Crippen molar-refractivity contribution < 1.29 is 0 Å². The summed E-state index contributed by atoms with van der Waals surface area (Å²) in [6, 6.07) is 12.2. The van der Waals surface area contributed by atoms with Crippen molar-refractivity contribution in [3.8, 4) is 0 Å². The molecule has 1 aromatic carbocycles. The zero-order valence-electron chi connectivity index (χ0n) is 23.9. The Morgan fingerprint density at radius 3 is 2.70 bits per heavy atom. The Morgan fingerprint density at radius 2 is 1.73 bits per heavy atom. The molecule has 3 bridgehead atoms. The summed E-state index contributed by atoms with van der Waals surface area (Å²) in [7, 11) is 0. The van der Waals surface area contributed by atoms with Gasteiger partial charge in [-0.05, 0) is 113 Å². The summed E-state index contributed by atoms with van der Waals surface area (Å²) in [5, 5.41) is 2.64. The molecule has 1 aliphatic carbocycles.